The molecule has 1 amide bonds. The lowest BCUT2D eigenvalue weighted by Crippen LogP contribution is -2.55. The second-order valence-electron chi connectivity index (χ2n) is 6.64. The van der Waals surface area contributed by atoms with Crippen LogP contribution < -0.4 is 0 Å². The van der Waals surface area contributed by atoms with Crippen molar-refractivity contribution in [3.8, 4) is 0 Å². The number of rotatable bonds is 3. The van der Waals surface area contributed by atoms with Crippen LogP contribution in [0.5, 0.6) is 0 Å². The van der Waals surface area contributed by atoms with Crippen molar-refractivity contribution in [3.05, 3.63) is 0 Å². The van der Waals surface area contributed by atoms with E-state index in [0.29, 0.717) is 6.42 Å². The summed E-state index contributed by atoms with van der Waals surface area (Å²) in [6.07, 6.45) is -2.11. The minimum atomic E-state index is -1.06. The molecule has 20 heavy (non-hydrogen) atoms. The fraction of sp³-hybridized carbons (Fsp3) is 0.929. The summed E-state index contributed by atoms with van der Waals surface area (Å²) in [4.78, 5) is 13.7. The number of carbonyl (C=O) groups excluding carboxylic acids is 1. The standard InChI is InChI=1S/C14H27NO5/c1-7-10(16)11(17)9-8-19-14(5,6)15(9)12(18)20-13(2,3)4/h9-11,16-17H,7-8H2,1-6H3/t9-,10+,11-/m0/s1. The van der Waals surface area contributed by atoms with Crippen LogP contribution in [-0.2, 0) is 9.47 Å². The first-order valence-electron chi connectivity index (χ1n) is 7.02. The summed E-state index contributed by atoms with van der Waals surface area (Å²) >= 11 is 0. The number of aliphatic hydroxyl groups excluding tert-OH is 2. The molecule has 0 aliphatic carbocycles. The lowest BCUT2D eigenvalue weighted by molar-refractivity contribution is -0.0767. The molecule has 1 aliphatic rings. The van der Waals surface area contributed by atoms with Gasteiger partial charge >= 0.3 is 6.09 Å². The van der Waals surface area contributed by atoms with Crippen molar-refractivity contribution in [2.75, 3.05) is 6.61 Å². The van der Waals surface area contributed by atoms with Crippen LogP contribution in [0.3, 0.4) is 0 Å². The average molecular weight is 289 g/mol. The number of hydrogen-bond donors (Lipinski definition) is 2. The predicted molar refractivity (Wildman–Crippen MR) is 74.2 cm³/mol. The van der Waals surface area contributed by atoms with Gasteiger partial charge in [0.2, 0.25) is 0 Å². The van der Waals surface area contributed by atoms with Gasteiger partial charge in [-0.1, -0.05) is 6.92 Å². The van der Waals surface area contributed by atoms with E-state index in [0.717, 1.165) is 0 Å². The van der Waals surface area contributed by atoms with Gasteiger partial charge in [-0.2, -0.15) is 0 Å². The SMILES string of the molecule is CC[C@@H](O)[C@@H](O)[C@@H]1COC(C)(C)N1C(=O)OC(C)(C)C. The highest BCUT2D eigenvalue weighted by molar-refractivity contribution is 5.69. The fourth-order valence-electron chi connectivity index (χ4n) is 2.25. The van der Waals surface area contributed by atoms with E-state index >= 15 is 0 Å². The molecule has 0 saturated carbocycles. The van der Waals surface area contributed by atoms with E-state index in [9.17, 15) is 15.0 Å². The highest BCUT2D eigenvalue weighted by atomic mass is 16.6. The fourth-order valence-corrected chi connectivity index (χ4v) is 2.25. The number of aliphatic hydroxyl groups is 2. The summed E-state index contributed by atoms with van der Waals surface area (Å²) in [5.41, 5.74) is -1.50. The van der Waals surface area contributed by atoms with Gasteiger partial charge in [0.25, 0.3) is 0 Å². The Hall–Kier alpha value is -0.850. The molecule has 1 saturated heterocycles. The molecule has 2 N–H and O–H groups in total. The lowest BCUT2D eigenvalue weighted by Gasteiger charge is -2.37. The predicted octanol–water partition coefficient (Wildman–Crippen LogP) is 1.49. The number of nitrogens with zero attached hydrogens (tertiary/aromatic N) is 1. The molecule has 1 rings (SSSR count). The summed E-state index contributed by atoms with van der Waals surface area (Å²) in [6.45, 7) is 10.8. The summed E-state index contributed by atoms with van der Waals surface area (Å²) in [7, 11) is 0. The largest absolute Gasteiger partial charge is 0.444 e. The van der Waals surface area contributed by atoms with Crippen molar-refractivity contribution in [1.82, 2.24) is 4.90 Å². The van der Waals surface area contributed by atoms with Gasteiger partial charge in [-0.05, 0) is 41.0 Å². The van der Waals surface area contributed by atoms with Crippen molar-refractivity contribution < 1.29 is 24.5 Å². The van der Waals surface area contributed by atoms with Crippen LogP contribution in [0.1, 0.15) is 48.0 Å². The lowest BCUT2D eigenvalue weighted by atomic mass is 10.0. The van der Waals surface area contributed by atoms with Crippen LogP contribution in [0.4, 0.5) is 4.79 Å². The normalized spacial score (nSPS) is 25.4. The molecule has 1 aliphatic heterocycles. The molecule has 0 aromatic carbocycles. The van der Waals surface area contributed by atoms with E-state index in [-0.39, 0.29) is 6.61 Å². The Morgan fingerprint density at radius 2 is 2.00 bits per heavy atom. The Balaban J connectivity index is 2.93. The molecular formula is C14H27NO5. The second kappa shape index (κ2) is 5.87. The van der Waals surface area contributed by atoms with Crippen LogP contribution in [0.15, 0.2) is 0 Å². The first kappa shape index (κ1) is 17.2. The third-order valence-corrected chi connectivity index (χ3v) is 3.32. The van der Waals surface area contributed by atoms with Crippen molar-refractivity contribution in [2.45, 2.75) is 77.5 Å². The van der Waals surface area contributed by atoms with Crippen LogP contribution in [0, 0.1) is 0 Å². The number of ether oxygens (including phenoxy) is 2. The van der Waals surface area contributed by atoms with Crippen molar-refractivity contribution in [3.63, 3.8) is 0 Å². The first-order valence-corrected chi connectivity index (χ1v) is 7.02. The van der Waals surface area contributed by atoms with E-state index in [4.69, 9.17) is 9.47 Å². The van der Waals surface area contributed by atoms with Crippen LogP contribution in [0.2, 0.25) is 0 Å². The maximum Gasteiger partial charge on any atom is 0.412 e. The Morgan fingerprint density at radius 3 is 2.45 bits per heavy atom. The molecular weight excluding hydrogens is 262 g/mol. The zero-order valence-electron chi connectivity index (χ0n) is 13.2. The molecule has 0 aromatic rings. The van der Waals surface area contributed by atoms with Gasteiger partial charge in [0, 0.05) is 0 Å². The maximum atomic E-state index is 12.3. The number of amides is 1. The number of hydrogen-bond acceptors (Lipinski definition) is 5. The third kappa shape index (κ3) is 3.84. The first-order chi connectivity index (χ1) is 8.99. The average Bonchev–Trinajstić information content (AvgIpc) is 2.60. The highest BCUT2D eigenvalue weighted by Gasteiger charge is 2.49. The summed E-state index contributed by atoms with van der Waals surface area (Å²) in [5.74, 6) is 0. The van der Waals surface area contributed by atoms with Crippen molar-refractivity contribution in [2.24, 2.45) is 0 Å². The minimum absolute atomic E-state index is 0.171. The van der Waals surface area contributed by atoms with Gasteiger partial charge in [-0.3, -0.25) is 4.90 Å². The summed E-state index contributed by atoms with van der Waals surface area (Å²) < 4.78 is 10.9. The highest BCUT2D eigenvalue weighted by Crippen LogP contribution is 2.31. The van der Waals surface area contributed by atoms with E-state index in [1.165, 1.54) is 4.90 Å². The zero-order valence-corrected chi connectivity index (χ0v) is 13.2. The topological polar surface area (TPSA) is 79.2 Å². The van der Waals surface area contributed by atoms with E-state index in [1.807, 2.05) is 0 Å². The Bertz CT molecular complexity index is 350. The quantitative estimate of drug-likeness (QED) is 0.823. The monoisotopic (exact) mass is 289 g/mol. The molecule has 6 heteroatoms. The number of carbonyl (C=O) groups is 1. The maximum absolute atomic E-state index is 12.3. The van der Waals surface area contributed by atoms with Gasteiger partial charge in [-0.15, -0.1) is 0 Å². The second-order valence-corrected chi connectivity index (χ2v) is 6.64. The van der Waals surface area contributed by atoms with Crippen molar-refractivity contribution >= 4 is 6.09 Å². The summed E-state index contributed by atoms with van der Waals surface area (Å²) in [5, 5.41) is 20.0. The van der Waals surface area contributed by atoms with Gasteiger partial charge in [0.05, 0.1) is 18.8 Å². The Kier molecular flexibility index (Phi) is 5.05. The van der Waals surface area contributed by atoms with E-state index in [1.54, 1.807) is 41.5 Å². The minimum Gasteiger partial charge on any atom is -0.444 e. The van der Waals surface area contributed by atoms with Crippen molar-refractivity contribution in [1.29, 1.82) is 0 Å². The molecule has 6 nitrogen and oxygen atoms in total. The van der Waals surface area contributed by atoms with Gasteiger partial charge in [0.15, 0.2) is 0 Å². The Morgan fingerprint density at radius 1 is 1.45 bits per heavy atom. The molecule has 1 fully saturated rings. The molecule has 0 radical (unpaired) electrons. The summed E-state index contributed by atoms with van der Waals surface area (Å²) in [6, 6.07) is -0.616. The smallest absolute Gasteiger partial charge is 0.412 e. The van der Waals surface area contributed by atoms with Gasteiger partial charge in [0.1, 0.15) is 17.4 Å². The molecule has 0 aromatic heterocycles. The van der Waals surface area contributed by atoms with Gasteiger partial charge in [-0.25, -0.2) is 4.79 Å². The molecule has 1 heterocycles. The molecule has 0 unspecified atom stereocenters. The van der Waals surface area contributed by atoms with Gasteiger partial charge < -0.3 is 19.7 Å². The van der Waals surface area contributed by atoms with Crippen LogP contribution in [-0.4, -0.2) is 57.4 Å². The third-order valence-electron chi connectivity index (χ3n) is 3.32. The van der Waals surface area contributed by atoms with E-state index in [2.05, 4.69) is 0 Å². The van der Waals surface area contributed by atoms with Crippen LogP contribution in [0.25, 0.3) is 0 Å². The van der Waals surface area contributed by atoms with E-state index < -0.39 is 35.7 Å². The molecule has 118 valence electrons. The zero-order chi connectivity index (χ0) is 15.7. The molecule has 3 atom stereocenters. The van der Waals surface area contributed by atoms with Crippen LogP contribution >= 0.6 is 0 Å². The molecule has 0 bridgehead atoms. The Labute approximate surface area is 120 Å². The molecule has 0 spiro atoms.